The summed E-state index contributed by atoms with van der Waals surface area (Å²) in [7, 11) is 1.64. The molecular formula is C27H22F3N5O2. The van der Waals surface area contributed by atoms with Crippen LogP contribution in [-0.2, 0) is 13.2 Å². The number of nitrogens with zero attached hydrogens (tertiary/aromatic N) is 3. The molecule has 2 heterocycles. The van der Waals surface area contributed by atoms with Gasteiger partial charge in [0.2, 0.25) is 0 Å². The zero-order chi connectivity index (χ0) is 26.3. The summed E-state index contributed by atoms with van der Waals surface area (Å²) in [5.41, 5.74) is 2.15. The molecule has 10 heteroatoms. The second-order valence-electron chi connectivity index (χ2n) is 8.65. The van der Waals surface area contributed by atoms with Gasteiger partial charge in [0, 0.05) is 35.3 Å². The van der Waals surface area contributed by atoms with Crippen molar-refractivity contribution in [2.75, 3.05) is 5.32 Å². The van der Waals surface area contributed by atoms with Gasteiger partial charge in [0.15, 0.2) is 0 Å². The number of aryl methyl sites for hydroxylation is 1. The van der Waals surface area contributed by atoms with Crippen molar-refractivity contribution in [3.8, 4) is 22.4 Å². The van der Waals surface area contributed by atoms with Gasteiger partial charge in [-0.1, -0.05) is 42.5 Å². The lowest BCUT2D eigenvalue weighted by Gasteiger charge is -2.15. The lowest BCUT2D eigenvalue weighted by Crippen LogP contribution is -2.16. The molecule has 0 aliphatic heterocycles. The second kappa shape index (κ2) is 9.21. The van der Waals surface area contributed by atoms with Gasteiger partial charge >= 0.3 is 6.18 Å². The number of hydrogen-bond donors (Lipinski definition) is 3. The number of H-pyrrole nitrogens is 1. The van der Waals surface area contributed by atoms with Crippen LogP contribution in [0.4, 0.5) is 18.9 Å². The monoisotopic (exact) mass is 505 g/mol. The lowest BCUT2D eigenvalue weighted by atomic mass is 9.98. The molecule has 0 saturated carbocycles. The third kappa shape index (κ3) is 4.58. The molecule has 2 aromatic heterocycles. The van der Waals surface area contributed by atoms with E-state index in [1.807, 2.05) is 30.3 Å². The zero-order valence-electron chi connectivity index (χ0n) is 19.8. The maximum atomic E-state index is 13.6. The van der Waals surface area contributed by atoms with Crippen LogP contribution in [0.1, 0.15) is 34.6 Å². The van der Waals surface area contributed by atoms with E-state index in [2.05, 4.69) is 20.6 Å². The molecular weight excluding hydrogens is 483 g/mol. The molecule has 0 fully saturated rings. The number of benzene rings is 3. The number of alkyl halides is 3. The number of aliphatic hydroxyl groups is 1. The molecule has 0 bridgehead atoms. The van der Waals surface area contributed by atoms with Gasteiger partial charge in [0.25, 0.3) is 5.91 Å². The number of hydrogen-bond acceptors (Lipinski definition) is 4. The van der Waals surface area contributed by atoms with E-state index in [0.29, 0.717) is 27.8 Å². The highest BCUT2D eigenvalue weighted by Gasteiger charge is 2.32. The molecule has 5 aromatic rings. The Kier molecular flexibility index (Phi) is 6.04. The van der Waals surface area contributed by atoms with Crippen molar-refractivity contribution in [1.29, 1.82) is 0 Å². The third-order valence-corrected chi connectivity index (χ3v) is 6.08. The van der Waals surface area contributed by atoms with Gasteiger partial charge in [-0.2, -0.15) is 23.4 Å². The maximum absolute atomic E-state index is 13.6. The summed E-state index contributed by atoms with van der Waals surface area (Å²) in [5, 5.41) is 25.0. The first-order valence-corrected chi connectivity index (χ1v) is 11.4. The molecule has 1 amide bonds. The van der Waals surface area contributed by atoms with E-state index >= 15 is 0 Å². The van der Waals surface area contributed by atoms with Gasteiger partial charge in [-0.3, -0.25) is 14.6 Å². The van der Waals surface area contributed by atoms with Gasteiger partial charge in [0.1, 0.15) is 5.52 Å². The number of aromatic amines is 1. The molecule has 0 aliphatic rings. The van der Waals surface area contributed by atoms with Crippen molar-refractivity contribution in [2.45, 2.75) is 19.2 Å². The molecule has 0 radical (unpaired) electrons. The summed E-state index contributed by atoms with van der Waals surface area (Å²) in [5.74, 6) is -0.624. The fourth-order valence-corrected chi connectivity index (χ4v) is 4.27. The average molecular weight is 506 g/mol. The number of carbonyl (C=O) groups is 1. The Balaban J connectivity index is 1.66. The molecule has 3 aromatic carbocycles. The number of carbonyl (C=O) groups excluding carboxylic acids is 1. The summed E-state index contributed by atoms with van der Waals surface area (Å²) >= 11 is 0. The van der Waals surface area contributed by atoms with E-state index < -0.39 is 23.8 Å². The van der Waals surface area contributed by atoms with Gasteiger partial charge in [-0.05, 0) is 36.8 Å². The van der Waals surface area contributed by atoms with Gasteiger partial charge in [0.05, 0.1) is 28.7 Å². The Morgan fingerprint density at radius 2 is 1.81 bits per heavy atom. The molecule has 1 atom stereocenters. The minimum Gasteiger partial charge on any atom is -0.387 e. The van der Waals surface area contributed by atoms with E-state index in [-0.39, 0.29) is 16.8 Å². The number of anilines is 1. The van der Waals surface area contributed by atoms with Gasteiger partial charge in [-0.25, -0.2) is 0 Å². The van der Waals surface area contributed by atoms with Crippen LogP contribution >= 0.6 is 0 Å². The van der Waals surface area contributed by atoms with Crippen molar-refractivity contribution in [1.82, 2.24) is 20.0 Å². The maximum Gasteiger partial charge on any atom is 0.416 e. The number of aliphatic hydroxyl groups excluding tert-OH is 1. The Morgan fingerprint density at radius 1 is 1.05 bits per heavy atom. The van der Waals surface area contributed by atoms with Crippen molar-refractivity contribution in [3.63, 3.8) is 0 Å². The first kappa shape index (κ1) is 24.3. The summed E-state index contributed by atoms with van der Waals surface area (Å²) in [6.07, 6.45) is -3.83. The minimum atomic E-state index is -4.59. The number of rotatable bonds is 5. The Morgan fingerprint density at radius 3 is 2.46 bits per heavy atom. The molecule has 5 rings (SSSR count). The van der Waals surface area contributed by atoms with E-state index in [9.17, 15) is 23.1 Å². The first-order valence-electron chi connectivity index (χ1n) is 11.4. The zero-order valence-corrected chi connectivity index (χ0v) is 19.8. The number of amides is 1. The van der Waals surface area contributed by atoms with Crippen molar-refractivity contribution >= 4 is 22.5 Å². The predicted molar refractivity (Wildman–Crippen MR) is 134 cm³/mol. The predicted octanol–water partition coefficient (Wildman–Crippen LogP) is 5.95. The van der Waals surface area contributed by atoms with E-state index in [4.69, 9.17) is 0 Å². The Hall–Kier alpha value is -4.44. The van der Waals surface area contributed by atoms with E-state index in [0.717, 1.165) is 23.8 Å². The van der Waals surface area contributed by atoms with Crippen LogP contribution in [-0.4, -0.2) is 31.0 Å². The summed E-state index contributed by atoms with van der Waals surface area (Å²) in [6.45, 7) is 1.59. The van der Waals surface area contributed by atoms with E-state index in [1.54, 1.807) is 38.4 Å². The number of fused-ring (bicyclic) bond motifs is 1. The normalized spacial score (nSPS) is 12.6. The van der Waals surface area contributed by atoms with Crippen molar-refractivity contribution < 1.29 is 23.1 Å². The van der Waals surface area contributed by atoms with Crippen molar-refractivity contribution in [2.24, 2.45) is 7.05 Å². The molecule has 3 N–H and O–H groups in total. The molecule has 0 aliphatic carbocycles. The van der Waals surface area contributed by atoms with Crippen LogP contribution in [0.5, 0.6) is 0 Å². The fraction of sp³-hybridized carbons (Fsp3) is 0.148. The van der Waals surface area contributed by atoms with E-state index in [1.165, 1.54) is 4.68 Å². The highest BCUT2D eigenvalue weighted by molar-refractivity contribution is 6.14. The summed E-state index contributed by atoms with van der Waals surface area (Å²) in [4.78, 5) is 13.6. The molecule has 7 nitrogen and oxygen atoms in total. The molecule has 0 saturated heterocycles. The largest absolute Gasteiger partial charge is 0.416 e. The molecule has 188 valence electrons. The minimum absolute atomic E-state index is 0.0222. The van der Waals surface area contributed by atoms with Crippen LogP contribution < -0.4 is 5.32 Å². The highest BCUT2D eigenvalue weighted by atomic mass is 19.4. The van der Waals surface area contributed by atoms with Crippen LogP contribution in [0.3, 0.4) is 0 Å². The number of aromatic nitrogens is 4. The standard InChI is InChI=1S/C27H22F3N5O2/c1-15(36)23-20-11-10-18(16-6-4-3-5-7-16)24(25(20)33-32-23)31-26(37)19-9-8-17(27(28,29)30)14-21(19)22-12-13-35(2)34-22/h3-15,36H,1-2H3,(H,31,37)(H,32,33)/t15-/m1/s1. The number of halogens is 3. The number of nitrogens with one attached hydrogen (secondary N) is 2. The highest BCUT2D eigenvalue weighted by Crippen LogP contribution is 2.38. The van der Waals surface area contributed by atoms with Crippen LogP contribution in [0.25, 0.3) is 33.3 Å². The first-order chi connectivity index (χ1) is 17.6. The smallest absolute Gasteiger partial charge is 0.387 e. The fourth-order valence-electron chi connectivity index (χ4n) is 4.27. The Bertz CT molecular complexity index is 1600. The van der Waals surface area contributed by atoms with Gasteiger partial charge < -0.3 is 10.4 Å². The van der Waals surface area contributed by atoms with Crippen LogP contribution in [0, 0.1) is 0 Å². The van der Waals surface area contributed by atoms with Crippen LogP contribution in [0.2, 0.25) is 0 Å². The quantitative estimate of drug-likeness (QED) is 0.275. The SMILES string of the molecule is C[C@@H](O)c1[nH]nc2c(NC(=O)c3ccc(C(F)(F)F)cc3-c3ccn(C)n3)c(-c3ccccc3)ccc12. The Labute approximate surface area is 209 Å². The summed E-state index contributed by atoms with van der Waals surface area (Å²) in [6, 6.07) is 17.4. The van der Waals surface area contributed by atoms with Gasteiger partial charge in [-0.15, -0.1) is 0 Å². The van der Waals surface area contributed by atoms with Crippen molar-refractivity contribution in [3.05, 3.63) is 89.7 Å². The molecule has 0 spiro atoms. The topological polar surface area (TPSA) is 95.8 Å². The lowest BCUT2D eigenvalue weighted by molar-refractivity contribution is -0.137. The van der Waals surface area contributed by atoms with Crippen LogP contribution in [0.15, 0.2) is 72.9 Å². The molecule has 0 unspecified atom stereocenters. The third-order valence-electron chi connectivity index (χ3n) is 6.08. The molecule has 37 heavy (non-hydrogen) atoms. The second-order valence-corrected chi connectivity index (χ2v) is 8.65. The summed E-state index contributed by atoms with van der Waals surface area (Å²) < 4.78 is 41.9. The average Bonchev–Trinajstić information content (AvgIpc) is 3.50.